The van der Waals surface area contributed by atoms with Gasteiger partial charge in [-0.1, -0.05) is 12.1 Å². The van der Waals surface area contributed by atoms with Crippen molar-refractivity contribution in [3.63, 3.8) is 0 Å². The summed E-state index contributed by atoms with van der Waals surface area (Å²) in [7, 11) is 0. The largest absolute Gasteiger partial charge is 0.337 e. The van der Waals surface area contributed by atoms with E-state index in [1.54, 1.807) is 18.2 Å². The fourth-order valence-electron chi connectivity index (χ4n) is 3.39. The molecule has 1 aliphatic rings. The number of rotatable bonds is 4. The van der Waals surface area contributed by atoms with E-state index in [4.69, 9.17) is 5.26 Å². The number of hydrogen-bond acceptors (Lipinski definition) is 5. The van der Waals surface area contributed by atoms with Gasteiger partial charge in [0.05, 0.1) is 17.3 Å². The summed E-state index contributed by atoms with van der Waals surface area (Å²) in [6.45, 7) is 0. The van der Waals surface area contributed by atoms with Crippen LogP contribution >= 0.6 is 0 Å². The number of carbonyl (C=O) groups excluding carboxylic acids is 2. The van der Waals surface area contributed by atoms with E-state index < -0.39 is 29.5 Å². The Morgan fingerprint density at radius 3 is 2.94 bits per heavy atom. The molecule has 10 heteroatoms. The summed E-state index contributed by atoms with van der Waals surface area (Å²) in [5, 5.41) is 20.5. The average molecular weight is 422 g/mol. The maximum atomic E-state index is 14.0. The van der Waals surface area contributed by atoms with Gasteiger partial charge in [0.25, 0.3) is 5.91 Å². The number of hydrogen-bond donors (Lipinski definition) is 3. The van der Waals surface area contributed by atoms with Crippen LogP contribution in [0.15, 0.2) is 36.4 Å². The van der Waals surface area contributed by atoms with Gasteiger partial charge in [-0.05, 0) is 42.2 Å². The molecule has 0 bridgehead atoms. The summed E-state index contributed by atoms with van der Waals surface area (Å²) >= 11 is 0. The van der Waals surface area contributed by atoms with Crippen LogP contribution in [0.25, 0.3) is 0 Å². The number of H-pyrrole nitrogens is 1. The Kier molecular flexibility index (Phi) is 5.41. The predicted molar refractivity (Wildman–Crippen MR) is 105 cm³/mol. The first-order valence-electron chi connectivity index (χ1n) is 9.43. The smallest absolute Gasteiger partial charge is 0.291 e. The lowest BCUT2D eigenvalue weighted by Gasteiger charge is -2.14. The van der Waals surface area contributed by atoms with Crippen molar-refractivity contribution in [2.24, 2.45) is 0 Å². The Hall–Kier alpha value is -4.13. The molecule has 0 aliphatic carbocycles. The second-order valence-corrected chi connectivity index (χ2v) is 7.07. The molecule has 31 heavy (non-hydrogen) atoms. The Balaban J connectivity index is 1.43. The monoisotopic (exact) mass is 422 g/mol. The molecule has 1 aromatic heterocycles. The van der Waals surface area contributed by atoms with E-state index >= 15 is 0 Å². The maximum absolute atomic E-state index is 14.0. The van der Waals surface area contributed by atoms with Gasteiger partial charge in [-0.15, -0.1) is 5.10 Å². The van der Waals surface area contributed by atoms with E-state index in [1.807, 2.05) is 6.07 Å². The molecule has 0 saturated heterocycles. The van der Waals surface area contributed by atoms with Crippen LogP contribution in [-0.2, 0) is 17.6 Å². The first-order chi connectivity index (χ1) is 14.9. The van der Waals surface area contributed by atoms with Crippen molar-refractivity contribution in [1.82, 2.24) is 20.5 Å². The van der Waals surface area contributed by atoms with Crippen molar-refractivity contribution >= 4 is 17.5 Å². The quantitative estimate of drug-likeness (QED) is 0.595. The molecule has 0 saturated carbocycles. The van der Waals surface area contributed by atoms with Gasteiger partial charge in [-0.2, -0.15) is 5.26 Å². The molecular weight excluding hydrogens is 406 g/mol. The number of nitriles is 1. The van der Waals surface area contributed by atoms with Crippen molar-refractivity contribution in [3.8, 4) is 6.07 Å². The molecule has 0 spiro atoms. The Morgan fingerprint density at radius 2 is 2.13 bits per heavy atom. The third-order valence-electron chi connectivity index (χ3n) is 4.87. The van der Waals surface area contributed by atoms with Crippen molar-refractivity contribution in [1.29, 1.82) is 5.26 Å². The number of amides is 2. The maximum Gasteiger partial charge on any atom is 0.291 e. The molecule has 1 atom stereocenters. The summed E-state index contributed by atoms with van der Waals surface area (Å²) in [6, 6.07) is 9.89. The van der Waals surface area contributed by atoms with Crippen LogP contribution in [0.3, 0.4) is 0 Å². The molecule has 8 nitrogen and oxygen atoms in total. The SMILES string of the molecule is N#Cc1cccc(Cc2nc(C(=O)N[C@@H]3CCc4cc(F)cc(F)c4NC3=O)n[nH]2)c1. The van der Waals surface area contributed by atoms with Crippen LogP contribution in [0.4, 0.5) is 14.5 Å². The van der Waals surface area contributed by atoms with Crippen molar-refractivity contribution in [2.45, 2.75) is 25.3 Å². The summed E-state index contributed by atoms with van der Waals surface area (Å²) < 4.78 is 27.4. The van der Waals surface area contributed by atoms with Gasteiger partial charge in [0, 0.05) is 12.5 Å². The molecule has 4 rings (SSSR count). The molecule has 0 unspecified atom stereocenters. The third-order valence-corrected chi connectivity index (χ3v) is 4.87. The summed E-state index contributed by atoms with van der Waals surface area (Å²) in [6.07, 6.45) is 0.688. The number of aryl methyl sites for hydroxylation is 1. The minimum atomic E-state index is -0.961. The topological polar surface area (TPSA) is 124 Å². The van der Waals surface area contributed by atoms with Gasteiger partial charge in [-0.3, -0.25) is 14.7 Å². The summed E-state index contributed by atoms with van der Waals surface area (Å²) in [4.78, 5) is 29.1. The van der Waals surface area contributed by atoms with E-state index in [9.17, 15) is 18.4 Å². The van der Waals surface area contributed by atoms with Crippen LogP contribution in [-0.4, -0.2) is 33.0 Å². The molecule has 3 aromatic rings. The molecule has 1 aliphatic heterocycles. The zero-order valence-corrected chi connectivity index (χ0v) is 16.1. The third kappa shape index (κ3) is 4.40. The van der Waals surface area contributed by atoms with Gasteiger partial charge < -0.3 is 10.6 Å². The average Bonchev–Trinajstić information content (AvgIpc) is 3.15. The molecule has 2 heterocycles. The zero-order chi connectivity index (χ0) is 22.0. The predicted octanol–water partition coefficient (Wildman–Crippen LogP) is 2.23. The normalized spacial score (nSPS) is 15.4. The van der Waals surface area contributed by atoms with Crippen molar-refractivity contribution in [2.75, 3.05) is 5.32 Å². The first-order valence-corrected chi connectivity index (χ1v) is 9.43. The van der Waals surface area contributed by atoms with E-state index in [2.05, 4.69) is 31.9 Å². The highest BCUT2D eigenvalue weighted by molar-refractivity contribution is 6.00. The fraction of sp³-hybridized carbons (Fsp3) is 0.190. The standard InChI is InChI=1S/C21H16F2N6O2/c22-14-8-13-4-5-16(20(30)27-18(13)15(23)9-14)25-21(31)19-26-17(28-29-19)7-11-2-1-3-12(6-11)10-24/h1-3,6,8-9,16H,4-5,7H2,(H,25,31)(H,27,30)(H,26,28,29)/t16-/m1/s1. The molecular formula is C21H16F2N6O2. The van der Waals surface area contributed by atoms with Gasteiger partial charge in [0.2, 0.25) is 11.7 Å². The van der Waals surface area contributed by atoms with E-state index in [0.29, 0.717) is 29.4 Å². The lowest BCUT2D eigenvalue weighted by atomic mass is 10.1. The molecule has 3 N–H and O–H groups in total. The summed E-state index contributed by atoms with van der Waals surface area (Å²) in [5.41, 5.74) is 1.56. The zero-order valence-electron chi connectivity index (χ0n) is 16.1. The lowest BCUT2D eigenvalue weighted by molar-refractivity contribution is -0.118. The van der Waals surface area contributed by atoms with Gasteiger partial charge in [-0.25, -0.2) is 13.8 Å². The molecule has 0 radical (unpaired) electrons. The number of aromatic amines is 1. The van der Waals surface area contributed by atoms with Crippen LogP contribution in [0.2, 0.25) is 0 Å². The highest BCUT2D eigenvalue weighted by atomic mass is 19.1. The molecule has 2 aromatic carbocycles. The van der Waals surface area contributed by atoms with E-state index in [0.717, 1.165) is 11.6 Å². The Labute approximate surface area is 175 Å². The van der Waals surface area contributed by atoms with Crippen LogP contribution in [0, 0.1) is 23.0 Å². The number of nitrogens with zero attached hydrogens (tertiary/aromatic N) is 3. The second kappa shape index (κ2) is 8.31. The van der Waals surface area contributed by atoms with Crippen LogP contribution < -0.4 is 10.6 Å². The number of carbonyl (C=O) groups is 2. The minimum absolute atomic E-state index is 0.0806. The van der Waals surface area contributed by atoms with Gasteiger partial charge >= 0.3 is 0 Å². The number of fused-ring (bicyclic) bond motifs is 1. The highest BCUT2D eigenvalue weighted by Crippen LogP contribution is 2.26. The van der Waals surface area contributed by atoms with Crippen LogP contribution in [0.5, 0.6) is 0 Å². The van der Waals surface area contributed by atoms with Gasteiger partial charge in [0.1, 0.15) is 23.5 Å². The van der Waals surface area contributed by atoms with Crippen molar-refractivity contribution < 1.29 is 18.4 Å². The van der Waals surface area contributed by atoms with Crippen molar-refractivity contribution in [3.05, 3.63) is 76.4 Å². The number of halogens is 2. The van der Waals surface area contributed by atoms with E-state index in [1.165, 1.54) is 0 Å². The Morgan fingerprint density at radius 1 is 1.29 bits per heavy atom. The number of nitrogens with one attached hydrogen (secondary N) is 3. The van der Waals surface area contributed by atoms with E-state index in [-0.39, 0.29) is 24.4 Å². The second-order valence-electron chi connectivity index (χ2n) is 7.07. The Bertz CT molecular complexity index is 1220. The summed E-state index contributed by atoms with van der Waals surface area (Å²) in [5.74, 6) is -2.63. The molecule has 0 fully saturated rings. The highest BCUT2D eigenvalue weighted by Gasteiger charge is 2.28. The fourth-order valence-corrected chi connectivity index (χ4v) is 3.39. The number of benzene rings is 2. The van der Waals surface area contributed by atoms with Crippen LogP contribution in [0.1, 0.15) is 39.6 Å². The minimum Gasteiger partial charge on any atom is -0.337 e. The number of aromatic nitrogens is 3. The lowest BCUT2D eigenvalue weighted by Crippen LogP contribution is -2.43. The van der Waals surface area contributed by atoms with Gasteiger partial charge in [0.15, 0.2) is 0 Å². The first kappa shape index (κ1) is 20.2. The molecule has 156 valence electrons. The number of anilines is 1. The molecule has 2 amide bonds.